The molecule has 0 aliphatic heterocycles. The molecule has 0 unspecified atom stereocenters. The van der Waals surface area contributed by atoms with E-state index in [1.807, 2.05) is 18.7 Å². The van der Waals surface area contributed by atoms with Gasteiger partial charge in [-0.05, 0) is 33.1 Å². The van der Waals surface area contributed by atoms with Crippen LogP contribution in [0.2, 0.25) is 5.02 Å². The maximum Gasteiger partial charge on any atom is 0.0860 e. The van der Waals surface area contributed by atoms with E-state index in [4.69, 9.17) is 11.6 Å². The first-order valence-electron chi connectivity index (χ1n) is 5.45. The molecule has 4 heteroatoms. The SMILES string of the molecule is Cc1nn(C)c(CNC2(C)CCC2)c1Cl. The predicted molar refractivity (Wildman–Crippen MR) is 62.1 cm³/mol. The van der Waals surface area contributed by atoms with Crippen molar-refractivity contribution in [2.75, 3.05) is 0 Å². The van der Waals surface area contributed by atoms with Crippen LogP contribution in [0, 0.1) is 6.92 Å². The molecule has 0 saturated heterocycles. The molecule has 0 amide bonds. The van der Waals surface area contributed by atoms with Crippen molar-refractivity contribution in [1.82, 2.24) is 15.1 Å². The fourth-order valence-electron chi connectivity index (χ4n) is 2.05. The van der Waals surface area contributed by atoms with Crippen LogP contribution in [0.4, 0.5) is 0 Å². The zero-order chi connectivity index (χ0) is 11.1. The Morgan fingerprint density at radius 1 is 1.53 bits per heavy atom. The summed E-state index contributed by atoms with van der Waals surface area (Å²) in [7, 11) is 1.94. The van der Waals surface area contributed by atoms with Gasteiger partial charge in [-0.1, -0.05) is 11.6 Å². The van der Waals surface area contributed by atoms with E-state index in [0.29, 0.717) is 5.54 Å². The van der Waals surface area contributed by atoms with Crippen LogP contribution < -0.4 is 5.32 Å². The first-order valence-corrected chi connectivity index (χ1v) is 5.83. The summed E-state index contributed by atoms with van der Waals surface area (Å²) in [4.78, 5) is 0. The average molecular weight is 228 g/mol. The highest BCUT2D eigenvalue weighted by molar-refractivity contribution is 6.31. The van der Waals surface area contributed by atoms with Gasteiger partial charge in [-0.25, -0.2) is 0 Å². The number of nitrogens with zero attached hydrogens (tertiary/aromatic N) is 2. The second kappa shape index (κ2) is 3.80. The minimum atomic E-state index is 0.321. The van der Waals surface area contributed by atoms with E-state index in [0.717, 1.165) is 23.0 Å². The summed E-state index contributed by atoms with van der Waals surface area (Å²) in [5.74, 6) is 0. The molecule has 1 heterocycles. The highest BCUT2D eigenvalue weighted by atomic mass is 35.5. The summed E-state index contributed by atoms with van der Waals surface area (Å²) in [5.41, 5.74) is 2.32. The lowest BCUT2D eigenvalue weighted by molar-refractivity contribution is 0.205. The van der Waals surface area contributed by atoms with Gasteiger partial charge >= 0.3 is 0 Å². The Morgan fingerprint density at radius 2 is 2.20 bits per heavy atom. The average Bonchev–Trinajstić information content (AvgIpc) is 2.36. The number of aryl methyl sites for hydroxylation is 2. The third-order valence-electron chi connectivity index (χ3n) is 3.40. The van der Waals surface area contributed by atoms with Crippen molar-refractivity contribution in [3.8, 4) is 0 Å². The van der Waals surface area contributed by atoms with E-state index in [1.165, 1.54) is 19.3 Å². The van der Waals surface area contributed by atoms with Crippen LogP contribution in [0.25, 0.3) is 0 Å². The van der Waals surface area contributed by atoms with E-state index in [2.05, 4.69) is 17.3 Å². The zero-order valence-electron chi connectivity index (χ0n) is 9.60. The summed E-state index contributed by atoms with van der Waals surface area (Å²) >= 11 is 6.18. The molecule has 1 aliphatic carbocycles. The Hall–Kier alpha value is -0.540. The molecule has 0 radical (unpaired) electrons. The van der Waals surface area contributed by atoms with Crippen LogP contribution in [0.5, 0.6) is 0 Å². The summed E-state index contributed by atoms with van der Waals surface area (Å²) in [6.45, 7) is 5.02. The monoisotopic (exact) mass is 227 g/mol. The highest BCUT2D eigenvalue weighted by Crippen LogP contribution is 2.31. The van der Waals surface area contributed by atoms with Crippen molar-refractivity contribution in [2.45, 2.75) is 45.2 Å². The molecule has 1 saturated carbocycles. The minimum Gasteiger partial charge on any atom is -0.306 e. The quantitative estimate of drug-likeness (QED) is 0.860. The van der Waals surface area contributed by atoms with Crippen molar-refractivity contribution < 1.29 is 0 Å². The molecule has 15 heavy (non-hydrogen) atoms. The molecule has 0 bridgehead atoms. The van der Waals surface area contributed by atoms with Crippen LogP contribution in [0.15, 0.2) is 0 Å². The summed E-state index contributed by atoms with van der Waals surface area (Å²) < 4.78 is 1.87. The number of halogens is 1. The highest BCUT2D eigenvalue weighted by Gasteiger charge is 2.31. The van der Waals surface area contributed by atoms with Crippen molar-refractivity contribution in [2.24, 2.45) is 7.05 Å². The molecule has 1 fully saturated rings. The second-order valence-electron chi connectivity index (χ2n) is 4.74. The largest absolute Gasteiger partial charge is 0.306 e. The van der Waals surface area contributed by atoms with Crippen LogP contribution in [0.1, 0.15) is 37.6 Å². The smallest absolute Gasteiger partial charge is 0.0860 e. The lowest BCUT2D eigenvalue weighted by Gasteiger charge is -2.39. The molecular weight excluding hydrogens is 210 g/mol. The van der Waals surface area contributed by atoms with Gasteiger partial charge in [-0.15, -0.1) is 0 Å². The third kappa shape index (κ3) is 2.04. The molecule has 1 aromatic heterocycles. The van der Waals surface area contributed by atoms with Gasteiger partial charge in [0, 0.05) is 19.1 Å². The van der Waals surface area contributed by atoms with Crippen LogP contribution in [-0.2, 0) is 13.6 Å². The van der Waals surface area contributed by atoms with E-state index in [9.17, 15) is 0 Å². The van der Waals surface area contributed by atoms with E-state index >= 15 is 0 Å². The first kappa shape index (κ1) is 11.0. The minimum absolute atomic E-state index is 0.321. The molecule has 0 spiro atoms. The Kier molecular flexibility index (Phi) is 2.77. The Morgan fingerprint density at radius 3 is 2.60 bits per heavy atom. The van der Waals surface area contributed by atoms with Gasteiger partial charge in [0.25, 0.3) is 0 Å². The second-order valence-corrected chi connectivity index (χ2v) is 5.12. The molecule has 1 N–H and O–H groups in total. The van der Waals surface area contributed by atoms with Gasteiger partial charge in [-0.3, -0.25) is 4.68 Å². The third-order valence-corrected chi connectivity index (χ3v) is 3.89. The topological polar surface area (TPSA) is 29.9 Å². The Bertz CT molecular complexity index is 366. The predicted octanol–water partition coefficient (Wildman–Crippen LogP) is 2.41. The van der Waals surface area contributed by atoms with Gasteiger partial charge < -0.3 is 5.32 Å². The van der Waals surface area contributed by atoms with E-state index in [1.54, 1.807) is 0 Å². The first-order chi connectivity index (χ1) is 7.02. The fourth-order valence-corrected chi connectivity index (χ4v) is 2.28. The number of hydrogen-bond acceptors (Lipinski definition) is 2. The molecule has 1 aromatic rings. The number of aromatic nitrogens is 2. The lowest BCUT2D eigenvalue weighted by atomic mass is 9.78. The maximum absolute atomic E-state index is 6.18. The molecule has 84 valence electrons. The van der Waals surface area contributed by atoms with Gasteiger partial charge in [0.05, 0.1) is 16.4 Å². The molecule has 0 aromatic carbocycles. The molecular formula is C11H18ClN3. The van der Waals surface area contributed by atoms with Crippen molar-refractivity contribution in [3.63, 3.8) is 0 Å². The molecule has 3 nitrogen and oxygen atoms in total. The van der Waals surface area contributed by atoms with Gasteiger partial charge in [-0.2, -0.15) is 5.10 Å². The molecule has 1 aliphatic rings. The Labute approximate surface area is 95.8 Å². The standard InChI is InChI=1S/C11H18ClN3/c1-8-10(12)9(15(3)14-8)7-13-11(2)5-4-6-11/h13H,4-7H2,1-3H3. The summed E-state index contributed by atoms with van der Waals surface area (Å²) in [6, 6.07) is 0. The molecule has 0 atom stereocenters. The van der Waals surface area contributed by atoms with Gasteiger partial charge in [0.2, 0.25) is 0 Å². The number of hydrogen-bond donors (Lipinski definition) is 1. The van der Waals surface area contributed by atoms with Crippen LogP contribution in [-0.4, -0.2) is 15.3 Å². The van der Waals surface area contributed by atoms with E-state index < -0.39 is 0 Å². The maximum atomic E-state index is 6.18. The summed E-state index contributed by atoms with van der Waals surface area (Å²) in [6.07, 6.45) is 3.87. The van der Waals surface area contributed by atoms with Crippen LogP contribution in [0.3, 0.4) is 0 Å². The van der Waals surface area contributed by atoms with E-state index in [-0.39, 0.29) is 0 Å². The van der Waals surface area contributed by atoms with Crippen molar-refractivity contribution >= 4 is 11.6 Å². The van der Waals surface area contributed by atoms with Gasteiger partial charge in [0.15, 0.2) is 0 Å². The van der Waals surface area contributed by atoms with Crippen LogP contribution >= 0.6 is 11.6 Å². The normalized spacial score (nSPS) is 18.9. The fraction of sp³-hybridized carbons (Fsp3) is 0.727. The summed E-state index contributed by atoms with van der Waals surface area (Å²) in [5, 5.41) is 8.66. The van der Waals surface area contributed by atoms with Gasteiger partial charge in [0.1, 0.15) is 0 Å². The number of rotatable bonds is 3. The number of nitrogens with one attached hydrogen (secondary N) is 1. The lowest BCUT2D eigenvalue weighted by Crippen LogP contribution is -2.47. The van der Waals surface area contributed by atoms with Crippen molar-refractivity contribution in [1.29, 1.82) is 0 Å². The van der Waals surface area contributed by atoms with Crippen molar-refractivity contribution in [3.05, 3.63) is 16.4 Å². The zero-order valence-corrected chi connectivity index (χ0v) is 10.4. The Balaban J connectivity index is 2.04. The molecule has 2 rings (SSSR count).